The summed E-state index contributed by atoms with van der Waals surface area (Å²) in [6.07, 6.45) is 1.73. The van der Waals surface area contributed by atoms with E-state index >= 15 is 0 Å². The molecule has 1 aliphatic rings. The van der Waals surface area contributed by atoms with Crippen molar-refractivity contribution in [3.05, 3.63) is 71.7 Å². The molecule has 0 saturated heterocycles. The fourth-order valence-corrected chi connectivity index (χ4v) is 2.54. The fourth-order valence-electron chi connectivity index (χ4n) is 2.54. The van der Waals surface area contributed by atoms with Gasteiger partial charge in [-0.3, -0.25) is 9.78 Å². The number of nitrogens with zero attached hydrogens (tertiary/aromatic N) is 1. The molecule has 0 amide bonds. The van der Waals surface area contributed by atoms with Crippen LogP contribution in [-0.4, -0.2) is 16.9 Å². The third-order valence-corrected chi connectivity index (χ3v) is 3.43. The van der Waals surface area contributed by atoms with E-state index in [1.165, 1.54) is 0 Å². The van der Waals surface area contributed by atoms with Crippen LogP contribution in [0.1, 0.15) is 31.0 Å². The Hall–Kier alpha value is -2.42. The summed E-state index contributed by atoms with van der Waals surface area (Å²) in [5.74, 6) is 0.444. The minimum Gasteiger partial charge on any atom is -0.493 e. The maximum absolute atomic E-state index is 12.6. The molecule has 0 fully saturated rings. The Morgan fingerprint density at radius 1 is 1.05 bits per heavy atom. The van der Waals surface area contributed by atoms with Gasteiger partial charge in [0.25, 0.3) is 0 Å². The number of hydrogen-bond donors (Lipinski definition) is 0. The topological polar surface area (TPSA) is 39.2 Å². The number of ether oxygens (including phenoxy) is 1. The maximum Gasteiger partial charge on any atom is 0.183 e. The smallest absolute Gasteiger partial charge is 0.183 e. The van der Waals surface area contributed by atoms with Gasteiger partial charge in [0.15, 0.2) is 5.78 Å². The van der Waals surface area contributed by atoms with E-state index in [1.54, 1.807) is 6.20 Å². The van der Waals surface area contributed by atoms with E-state index in [1.807, 2.05) is 62.4 Å². The van der Waals surface area contributed by atoms with Gasteiger partial charge in [0.05, 0.1) is 17.4 Å². The molecular formula is C18H17NO2. The number of hydrogen-bond acceptors (Lipinski definition) is 3. The highest BCUT2D eigenvalue weighted by molar-refractivity contribution is 6.31. The Kier molecular flexibility index (Phi) is 3.57. The van der Waals surface area contributed by atoms with Crippen molar-refractivity contribution in [2.24, 2.45) is 0 Å². The number of benzene rings is 1. The molecule has 21 heavy (non-hydrogen) atoms. The molecule has 0 saturated carbocycles. The number of ketones is 1. The Morgan fingerprint density at radius 3 is 2.38 bits per heavy atom. The van der Waals surface area contributed by atoms with Crippen molar-refractivity contribution in [3.8, 4) is 0 Å². The quantitative estimate of drug-likeness (QED) is 0.858. The van der Waals surface area contributed by atoms with Gasteiger partial charge < -0.3 is 4.74 Å². The van der Waals surface area contributed by atoms with E-state index < -0.39 is 0 Å². The van der Waals surface area contributed by atoms with Crippen molar-refractivity contribution >= 4 is 11.4 Å². The number of Topliss-reactive ketones (excluding diaryl/α,β-unsaturated/α-hetero) is 1. The molecule has 1 heterocycles. The number of carbonyl (C=O) groups excluding carboxylic acids is 1. The summed E-state index contributed by atoms with van der Waals surface area (Å²) < 4.78 is 5.91. The number of rotatable bonds is 4. The predicted molar refractivity (Wildman–Crippen MR) is 81.6 cm³/mol. The summed E-state index contributed by atoms with van der Waals surface area (Å²) in [5, 5.41) is 0. The molecule has 0 spiro atoms. The third-order valence-electron chi connectivity index (χ3n) is 3.43. The van der Waals surface area contributed by atoms with Crippen LogP contribution >= 0.6 is 0 Å². The summed E-state index contributed by atoms with van der Waals surface area (Å²) in [4.78, 5) is 16.9. The Labute approximate surface area is 124 Å². The first-order valence-corrected chi connectivity index (χ1v) is 7.10. The number of aromatic nitrogens is 1. The first kappa shape index (κ1) is 13.6. The number of carbonyl (C=O) groups is 1. The molecule has 106 valence electrons. The predicted octanol–water partition coefficient (Wildman–Crippen LogP) is 3.58. The minimum atomic E-state index is -0.371. The molecular weight excluding hydrogens is 262 g/mol. The first-order chi connectivity index (χ1) is 10.2. The van der Waals surface area contributed by atoms with Gasteiger partial charge in [-0.1, -0.05) is 36.4 Å². The van der Waals surface area contributed by atoms with Crippen molar-refractivity contribution < 1.29 is 9.53 Å². The van der Waals surface area contributed by atoms with Crippen molar-refractivity contribution in [2.45, 2.75) is 25.9 Å². The zero-order valence-corrected chi connectivity index (χ0v) is 12.1. The molecule has 2 aromatic rings. The maximum atomic E-state index is 12.6. The van der Waals surface area contributed by atoms with Crippen LogP contribution in [0.3, 0.4) is 0 Å². The molecule has 0 N–H and O–H groups in total. The van der Waals surface area contributed by atoms with Gasteiger partial charge in [-0.2, -0.15) is 0 Å². The molecule has 3 heteroatoms. The summed E-state index contributed by atoms with van der Waals surface area (Å²) in [5.41, 5.74) is 2.34. The van der Waals surface area contributed by atoms with Gasteiger partial charge in [-0.15, -0.1) is 0 Å². The molecule has 3 nitrogen and oxygen atoms in total. The fraction of sp³-hybridized carbons (Fsp3) is 0.222. The first-order valence-electron chi connectivity index (χ1n) is 7.10. The van der Waals surface area contributed by atoms with E-state index in [0.717, 1.165) is 17.0 Å². The van der Waals surface area contributed by atoms with Crippen LogP contribution in [0, 0.1) is 0 Å². The van der Waals surface area contributed by atoms with Gasteiger partial charge in [0.1, 0.15) is 11.7 Å². The Morgan fingerprint density at radius 2 is 1.76 bits per heavy atom. The molecule has 0 bridgehead atoms. The lowest BCUT2D eigenvalue weighted by atomic mass is 9.76. The molecule has 1 unspecified atom stereocenters. The van der Waals surface area contributed by atoms with E-state index in [0.29, 0.717) is 5.57 Å². The molecule has 1 atom stereocenters. The van der Waals surface area contributed by atoms with Gasteiger partial charge in [0.2, 0.25) is 0 Å². The Balaban J connectivity index is 2.05. The van der Waals surface area contributed by atoms with Gasteiger partial charge >= 0.3 is 0 Å². The van der Waals surface area contributed by atoms with Crippen LogP contribution in [0.2, 0.25) is 0 Å². The molecule has 1 aromatic heterocycles. The molecule has 0 radical (unpaired) electrons. The lowest BCUT2D eigenvalue weighted by molar-refractivity contribution is -0.117. The van der Waals surface area contributed by atoms with Gasteiger partial charge in [-0.05, 0) is 31.5 Å². The second kappa shape index (κ2) is 5.52. The average molecular weight is 279 g/mol. The summed E-state index contributed by atoms with van der Waals surface area (Å²) in [6.45, 7) is 3.93. The van der Waals surface area contributed by atoms with Gasteiger partial charge in [-0.25, -0.2) is 0 Å². The van der Waals surface area contributed by atoms with E-state index in [-0.39, 0.29) is 17.8 Å². The minimum absolute atomic E-state index is 0.0259. The van der Waals surface area contributed by atoms with Crippen LogP contribution in [0.5, 0.6) is 0 Å². The normalized spacial score (nSPS) is 17.9. The molecule has 0 aliphatic heterocycles. The average Bonchev–Trinajstić information content (AvgIpc) is 2.49. The highest BCUT2D eigenvalue weighted by Crippen LogP contribution is 2.44. The van der Waals surface area contributed by atoms with Crippen LogP contribution in [0.25, 0.3) is 5.57 Å². The van der Waals surface area contributed by atoms with Crippen molar-refractivity contribution in [1.29, 1.82) is 0 Å². The summed E-state index contributed by atoms with van der Waals surface area (Å²) in [7, 11) is 0. The van der Waals surface area contributed by atoms with E-state index in [4.69, 9.17) is 4.74 Å². The lowest BCUT2D eigenvalue weighted by Crippen LogP contribution is -2.31. The molecule has 1 aromatic carbocycles. The lowest BCUT2D eigenvalue weighted by Gasteiger charge is -2.32. The highest BCUT2D eigenvalue weighted by atomic mass is 16.5. The molecule has 1 aliphatic carbocycles. The van der Waals surface area contributed by atoms with Crippen LogP contribution in [0.4, 0.5) is 0 Å². The van der Waals surface area contributed by atoms with E-state index in [9.17, 15) is 4.79 Å². The van der Waals surface area contributed by atoms with Crippen LogP contribution < -0.4 is 0 Å². The number of allylic oxidation sites excluding steroid dienone is 2. The largest absolute Gasteiger partial charge is 0.493 e. The third kappa shape index (κ3) is 2.47. The monoisotopic (exact) mass is 279 g/mol. The van der Waals surface area contributed by atoms with Crippen LogP contribution in [-0.2, 0) is 9.53 Å². The standard InChI is InChI=1S/C18H17NO2/c1-12(2)21-18-15(13-8-4-3-5-9-13)17(20)16(18)14-10-6-7-11-19-14/h3-12,16H,1-2H3. The van der Waals surface area contributed by atoms with E-state index in [2.05, 4.69) is 4.98 Å². The zero-order valence-electron chi connectivity index (χ0n) is 12.1. The summed E-state index contributed by atoms with van der Waals surface area (Å²) >= 11 is 0. The van der Waals surface area contributed by atoms with Crippen molar-refractivity contribution in [1.82, 2.24) is 4.98 Å². The second-order valence-corrected chi connectivity index (χ2v) is 5.32. The highest BCUT2D eigenvalue weighted by Gasteiger charge is 2.43. The second-order valence-electron chi connectivity index (χ2n) is 5.32. The summed E-state index contributed by atoms with van der Waals surface area (Å²) in [6, 6.07) is 15.3. The van der Waals surface area contributed by atoms with Crippen molar-refractivity contribution in [2.75, 3.05) is 0 Å². The number of pyridine rings is 1. The Bertz CT molecular complexity index is 675. The SMILES string of the molecule is CC(C)OC1=C(c2ccccc2)C(=O)C1c1ccccn1. The molecule has 3 rings (SSSR count). The van der Waals surface area contributed by atoms with Crippen LogP contribution in [0.15, 0.2) is 60.5 Å². The van der Waals surface area contributed by atoms with Crippen molar-refractivity contribution in [3.63, 3.8) is 0 Å². The zero-order chi connectivity index (χ0) is 14.8. The van der Waals surface area contributed by atoms with Gasteiger partial charge in [0, 0.05) is 6.20 Å².